The van der Waals surface area contributed by atoms with Crippen molar-refractivity contribution in [2.75, 3.05) is 6.54 Å². The second kappa shape index (κ2) is 6.07. The van der Waals surface area contributed by atoms with Crippen LogP contribution in [-0.2, 0) is 6.54 Å². The van der Waals surface area contributed by atoms with Gasteiger partial charge in [-0.3, -0.25) is 0 Å². The zero-order valence-electron chi connectivity index (χ0n) is 16.2. The normalized spacial score (nSPS) is 31.8. The van der Waals surface area contributed by atoms with E-state index in [0.717, 1.165) is 24.3 Å². The molecule has 0 unspecified atom stereocenters. The van der Waals surface area contributed by atoms with Crippen molar-refractivity contribution in [3.8, 4) is 0 Å². The standard InChI is InChI=1S/C26H29N/c1-3-7-23-21(5-1)12-22-6-2-4-8-24(22)25(23)16-27-17-26-13-18-9-19(14-26)11-20(10-18)15-26/h1-8,12,18-20,27H,9-11,13-17H2/p+1. The van der Waals surface area contributed by atoms with Gasteiger partial charge in [0.2, 0.25) is 0 Å². The van der Waals surface area contributed by atoms with E-state index < -0.39 is 0 Å². The molecule has 0 saturated heterocycles. The summed E-state index contributed by atoms with van der Waals surface area (Å²) >= 11 is 0. The third kappa shape index (κ3) is 2.70. The molecule has 3 aromatic carbocycles. The number of rotatable bonds is 4. The molecule has 7 rings (SSSR count). The van der Waals surface area contributed by atoms with Crippen molar-refractivity contribution in [2.45, 2.75) is 45.1 Å². The van der Waals surface area contributed by atoms with Crippen LogP contribution in [0.15, 0.2) is 54.6 Å². The Morgan fingerprint density at radius 1 is 0.741 bits per heavy atom. The minimum Gasteiger partial charge on any atom is -0.342 e. The van der Waals surface area contributed by atoms with Crippen molar-refractivity contribution in [3.05, 3.63) is 60.2 Å². The van der Waals surface area contributed by atoms with E-state index in [-0.39, 0.29) is 0 Å². The van der Waals surface area contributed by atoms with Crippen LogP contribution in [0.2, 0.25) is 0 Å². The average molecular weight is 357 g/mol. The van der Waals surface area contributed by atoms with Crippen LogP contribution in [0.4, 0.5) is 0 Å². The van der Waals surface area contributed by atoms with Crippen molar-refractivity contribution in [1.82, 2.24) is 0 Å². The fraction of sp³-hybridized carbons (Fsp3) is 0.462. The van der Waals surface area contributed by atoms with Gasteiger partial charge < -0.3 is 5.32 Å². The van der Waals surface area contributed by atoms with Crippen molar-refractivity contribution in [1.29, 1.82) is 0 Å². The molecule has 0 spiro atoms. The topological polar surface area (TPSA) is 16.6 Å². The Bertz CT molecular complexity index is 912. The highest BCUT2D eigenvalue weighted by molar-refractivity contribution is 6.02. The first kappa shape index (κ1) is 16.1. The fourth-order valence-corrected chi connectivity index (χ4v) is 7.39. The lowest BCUT2D eigenvalue weighted by Gasteiger charge is -2.56. The predicted octanol–water partition coefficient (Wildman–Crippen LogP) is 5.27. The summed E-state index contributed by atoms with van der Waals surface area (Å²) in [7, 11) is 0. The van der Waals surface area contributed by atoms with Gasteiger partial charge in [-0.2, -0.15) is 0 Å². The van der Waals surface area contributed by atoms with Crippen LogP contribution >= 0.6 is 0 Å². The molecule has 1 heteroatoms. The molecule has 0 aliphatic heterocycles. The summed E-state index contributed by atoms with van der Waals surface area (Å²) in [6.45, 7) is 2.46. The molecule has 27 heavy (non-hydrogen) atoms. The van der Waals surface area contributed by atoms with Crippen molar-refractivity contribution >= 4 is 21.5 Å². The van der Waals surface area contributed by atoms with E-state index in [0.29, 0.717) is 5.41 Å². The Labute approximate surface area is 162 Å². The molecule has 1 nitrogen and oxygen atoms in total. The first-order valence-electron chi connectivity index (χ1n) is 11.0. The van der Waals surface area contributed by atoms with Gasteiger partial charge in [0.25, 0.3) is 0 Å². The maximum atomic E-state index is 2.65. The minimum atomic E-state index is 0.662. The van der Waals surface area contributed by atoms with Crippen molar-refractivity contribution < 1.29 is 5.32 Å². The number of hydrogen-bond acceptors (Lipinski definition) is 0. The van der Waals surface area contributed by atoms with Gasteiger partial charge in [0.1, 0.15) is 6.54 Å². The smallest absolute Gasteiger partial charge is 0.102 e. The summed E-state index contributed by atoms with van der Waals surface area (Å²) in [6, 6.07) is 20.2. The summed E-state index contributed by atoms with van der Waals surface area (Å²) in [5, 5.41) is 8.31. The van der Waals surface area contributed by atoms with Gasteiger partial charge in [-0.15, -0.1) is 0 Å². The van der Waals surface area contributed by atoms with Gasteiger partial charge in [-0.05, 0) is 83.9 Å². The predicted molar refractivity (Wildman–Crippen MR) is 113 cm³/mol. The van der Waals surface area contributed by atoms with Crippen molar-refractivity contribution in [3.63, 3.8) is 0 Å². The van der Waals surface area contributed by atoms with Gasteiger partial charge >= 0.3 is 0 Å². The largest absolute Gasteiger partial charge is 0.342 e. The van der Waals surface area contributed by atoms with E-state index in [1.54, 1.807) is 19.3 Å². The Morgan fingerprint density at radius 3 is 1.81 bits per heavy atom. The summed E-state index contributed by atoms with van der Waals surface area (Å²) in [4.78, 5) is 0. The maximum Gasteiger partial charge on any atom is 0.102 e. The lowest BCUT2D eigenvalue weighted by atomic mass is 9.49. The van der Waals surface area contributed by atoms with E-state index >= 15 is 0 Å². The molecule has 4 aliphatic rings. The molecule has 4 fully saturated rings. The zero-order chi connectivity index (χ0) is 17.8. The van der Waals surface area contributed by atoms with E-state index in [4.69, 9.17) is 0 Å². The summed E-state index contributed by atoms with van der Waals surface area (Å²) in [5.41, 5.74) is 2.20. The van der Waals surface area contributed by atoms with Crippen LogP contribution in [0.5, 0.6) is 0 Å². The minimum absolute atomic E-state index is 0.662. The van der Waals surface area contributed by atoms with E-state index in [9.17, 15) is 0 Å². The van der Waals surface area contributed by atoms with Gasteiger partial charge in [-0.1, -0.05) is 48.5 Å². The van der Waals surface area contributed by atoms with Gasteiger partial charge in [-0.25, -0.2) is 0 Å². The number of benzene rings is 3. The number of quaternary nitrogens is 1. The number of fused-ring (bicyclic) bond motifs is 2. The highest BCUT2D eigenvalue weighted by Crippen LogP contribution is 2.59. The molecule has 0 radical (unpaired) electrons. The average Bonchev–Trinajstić information content (AvgIpc) is 2.66. The van der Waals surface area contributed by atoms with Gasteiger partial charge in [0.15, 0.2) is 0 Å². The first-order valence-corrected chi connectivity index (χ1v) is 11.0. The van der Waals surface area contributed by atoms with E-state index in [2.05, 4.69) is 59.9 Å². The highest BCUT2D eigenvalue weighted by Gasteiger charge is 2.51. The van der Waals surface area contributed by atoms with Crippen molar-refractivity contribution in [2.24, 2.45) is 23.2 Å². The highest BCUT2D eigenvalue weighted by atomic mass is 14.9. The Morgan fingerprint density at radius 2 is 1.26 bits per heavy atom. The molecule has 4 saturated carbocycles. The van der Waals surface area contributed by atoms with E-state index in [1.165, 1.54) is 52.9 Å². The summed E-state index contributed by atoms with van der Waals surface area (Å²) < 4.78 is 0. The molecule has 138 valence electrons. The van der Waals surface area contributed by atoms with Crippen LogP contribution < -0.4 is 5.32 Å². The molecule has 0 heterocycles. The molecule has 4 bridgehead atoms. The van der Waals surface area contributed by atoms with E-state index in [1.807, 2.05) is 0 Å². The Hall–Kier alpha value is -1.86. The summed E-state index contributed by atoms with van der Waals surface area (Å²) in [5.74, 6) is 3.18. The molecule has 4 aliphatic carbocycles. The molecule has 2 N–H and O–H groups in total. The van der Waals surface area contributed by atoms with Crippen LogP contribution in [0.1, 0.15) is 44.1 Å². The molecular weight excluding hydrogens is 326 g/mol. The maximum absolute atomic E-state index is 2.65. The molecule has 0 aromatic heterocycles. The van der Waals surface area contributed by atoms with Crippen LogP contribution in [0.25, 0.3) is 21.5 Å². The lowest BCUT2D eigenvalue weighted by molar-refractivity contribution is -0.683. The first-order chi connectivity index (χ1) is 13.3. The third-order valence-corrected chi connectivity index (χ3v) is 7.97. The SMILES string of the molecule is c1ccc2c(C[NH2+]CC34CC5CC(CC(C5)C3)C4)c3ccccc3cc2c1. The van der Waals surface area contributed by atoms with Crippen LogP contribution in [0, 0.1) is 23.2 Å². The zero-order valence-corrected chi connectivity index (χ0v) is 16.2. The summed E-state index contributed by atoms with van der Waals surface area (Å²) in [6.07, 6.45) is 9.21. The van der Waals surface area contributed by atoms with Crippen LogP contribution in [0.3, 0.4) is 0 Å². The number of hydrogen-bond donors (Lipinski definition) is 1. The Kier molecular flexibility index (Phi) is 3.63. The quantitative estimate of drug-likeness (QED) is 0.613. The number of nitrogens with two attached hydrogens (primary N) is 1. The monoisotopic (exact) mass is 356 g/mol. The molecule has 0 atom stereocenters. The lowest BCUT2D eigenvalue weighted by Crippen LogP contribution is -2.86. The molecular formula is C26H30N+. The van der Waals surface area contributed by atoms with Gasteiger partial charge in [0, 0.05) is 11.0 Å². The second-order valence-corrected chi connectivity index (χ2v) is 9.91. The van der Waals surface area contributed by atoms with Crippen LogP contribution in [-0.4, -0.2) is 6.54 Å². The van der Waals surface area contributed by atoms with Gasteiger partial charge in [0.05, 0.1) is 6.54 Å². The fourth-order valence-electron chi connectivity index (χ4n) is 7.39. The molecule has 3 aromatic rings. The second-order valence-electron chi connectivity index (χ2n) is 9.91. The third-order valence-electron chi connectivity index (χ3n) is 7.97. The Balaban J connectivity index is 1.30. The molecule has 0 amide bonds.